The lowest BCUT2D eigenvalue weighted by molar-refractivity contribution is 0.0359. The van der Waals surface area contributed by atoms with E-state index in [0.717, 1.165) is 0 Å². The first-order chi connectivity index (χ1) is 7.89. The van der Waals surface area contributed by atoms with E-state index in [0.29, 0.717) is 11.4 Å². The molecule has 0 N–H and O–H groups in total. The number of carbonyl (C=O) groups excluding carboxylic acids is 1. The molecular weight excluding hydrogens is 218 g/mol. The van der Waals surface area contributed by atoms with Crippen LogP contribution in [0, 0.1) is 0 Å². The molecular formula is C13H17NO3. The van der Waals surface area contributed by atoms with Crippen molar-refractivity contribution in [2.24, 2.45) is 0 Å². The van der Waals surface area contributed by atoms with Gasteiger partial charge >= 0.3 is 6.09 Å². The smallest absolute Gasteiger partial charge is 0.419 e. The lowest BCUT2D eigenvalue weighted by Crippen LogP contribution is -2.36. The Hall–Kier alpha value is -1.97. The molecule has 0 radical (unpaired) electrons. The van der Waals surface area contributed by atoms with Crippen molar-refractivity contribution in [3.05, 3.63) is 49.2 Å². The van der Waals surface area contributed by atoms with Crippen LogP contribution in [-0.4, -0.2) is 16.6 Å². The Morgan fingerprint density at radius 1 is 1.29 bits per heavy atom. The zero-order chi connectivity index (χ0) is 13.1. The van der Waals surface area contributed by atoms with Gasteiger partial charge in [0.1, 0.15) is 18.1 Å². The van der Waals surface area contributed by atoms with Gasteiger partial charge in [0.2, 0.25) is 0 Å². The van der Waals surface area contributed by atoms with Crippen LogP contribution in [0.5, 0.6) is 0 Å². The molecule has 1 aliphatic heterocycles. The number of hydrogen-bond acceptors (Lipinski definition) is 3. The fourth-order valence-electron chi connectivity index (χ4n) is 1.23. The van der Waals surface area contributed by atoms with E-state index < -0.39 is 11.7 Å². The van der Waals surface area contributed by atoms with Crippen LogP contribution < -0.4 is 0 Å². The van der Waals surface area contributed by atoms with Gasteiger partial charge < -0.3 is 9.47 Å². The zero-order valence-corrected chi connectivity index (χ0v) is 10.4. The molecule has 1 heterocycles. The molecule has 0 spiro atoms. The molecule has 0 saturated carbocycles. The largest absolute Gasteiger partial charge is 0.468 e. The Balaban J connectivity index is 2.97. The van der Waals surface area contributed by atoms with E-state index in [2.05, 4.69) is 13.2 Å². The van der Waals surface area contributed by atoms with Gasteiger partial charge in [-0.15, -0.1) is 0 Å². The summed E-state index contributed by atoms with van der Waals surface area (Å²) >= 11 is 0. The summed E-state index contributed by atoms with van der Waals surface area (Å²) in [5.41, 5.74) is 0.460. The highest BCUT2D eigenvalue weighted by molar-refractivity contribution is 5.74. The quantitative estimate of drug-likeness (QED) is 0.737. The van der Waals surface area contributed by atoms with Crippen LogP contribution in [0.3, 0.4) is 0 Å². The molecule has 92 valence electrons. The molecule has 0 aromatic heterocycles. The zero-order valence-electron chi connectivity index (χ0n) is 10.4. The van der Waals surface area contributed by atoms with E-state index in [9.17, 15) is 4.79 Å². The average Bonchev–Trinajstić information content (AvgIpc) is 2.25. The summed E-state index contributed by atoms with van der Waals surface area (Å²) in [5.74, 6) is 0. The van der Waals surface area contributed by atoms with E-state index >= 15 is 0 Å². The molecule has 1 rings (SSSR count). The van der Waals surface area contributed by atoms with E-state index in [1.165, 1.54) is 29.6 Å². The minimum absolute atomic E-state index is 0.488. The van der Waals surface area contributed by atoms with Gasteiger partial charge in [-0.1, -0.05) is 13.2 Å². The van der Waals surface area contributed by atoms with Gasteiger partial charge in [0.15, 0.2) is 0 Å². The first-order valence-electron chi connectivity index (χ1n) is 5.23. The number of hydrogen-bond donors (Lipinski definition) is 0. The Morgan fingerprint density at radius 2 is 1.76 bits per heavy atom. The second kappa shape index (κ2) is 4.91. The number of allylic oxidation sites excluding steroid dienone is 2. The van der Waals surface area contributed by atoms with E-state index in [-0.39, 0.29) is 0 Å². The van der Waals surface area contributed by atoms with Gasteiger partial charge in [0.25, 0.3) is 0 Å². The van der Waals surface area contributed by atoms with Gasteiger partial charge in [0.05, 0.1) is 11.4 Å². The monoisotopic (exact) mass is 235 g/mol. The van der Waals surface area contributed by atoms with Crippen LogP contribution in [-0.2, 0) is 9.47 Å². The summed E-state index contributed by atoms with van der Waals surface area (Å²) in [4.78, 5) is 13.4. The first-order valence-corrected chi connectivity index (χ1v) is 5.23. The molecule has 0 aromatic rings. The standard InChI is InChI=1S/C13H17NO3/c1-6-10-8-16-9-11(7-2)14(10)12(15)17-13(3,4)5/h6-9H,1-2H2,3-5H3. The number of rotatable bonds is 2. The van der Waals surface area contributed by atoms with Gasteiger partial charge in [0, 0.05) is 0 Å². The fraction of sp³-hybridized carbons (Fsp3) is 0.308. The lowest BCUT2D eigenvalue weighted by atomic mass is 10.2. The molecule has 1 amide bonds. The Morgan fingerprint density at radius 3 is 2.12 bits per heavy atom. The van der Waals surface area contributed by atoms with Crippen LogP contribution in [0.15, 0.2) is 49.2 Å². The molecule has 0 aromatic carbocycles. The van der Waals surface area contributed by atoms with Crippen molar-refractivity contribution in [1.82, 2.24) is 4.90 Å². The van der Waals surface area contributed by atoms with Gasteiger partial charge in [-0.2, -0.15) is 0 Å². The lowest BCUT2D eigenvalue weighted by Gasteiger charge is -2.29. The van der Waals surface area contributed by atoms with Crippen LogP contribution in [0.4, 0.5) is 4.79 Å². The summed E-state index contributed by atoms with van der Waals surface area (Å²) in [7, 11) is 0. The highest BCUT2D eigenvalue weighted by atomic mass is 16.6. The molecule has 0 unspecified atom stereocenters. The third-order valence-corrected chi connectivity index (χ3v) is 1.89. The number of amides is 1. The van der Waals surface area contributed by atoms with Crippen molar-refractivity contribution >= 4 is 6.09 Å². The van der Waals surface area contributed by atoms with Gasteiger partial charge in [-0.05, 0) is 32.9 Å². The third kappa shape index (κ3) is 3.24. The van der Waals surface area contributed by atoms with E-state index in [1.54, 1.807) is 20.8 Å². The van der Waals surface area contributed by atoms with Crippen molar-refractivity contribution < 1.29 is 14.3 Å². The summed E-state index contributed by atoms with van der Waals surface area (Å²) in [6.07, 6.45) is 5.38. The maximum absolute atomic E-state index is 12.0. The van der Waals surface area contributed by atoms with Crippen molar-refractivity contribution in [1.29, 1.82) is 0 Å². The fourth-order valence-corrected chi connectivity index (χ4v) is 1.23. The number of nitrogens with zero attached hydrogens (tertiary/aromatic N) is 1. The summed E-state index contributed by atoms with van der Waals surface area (Å²) < 4.78 is 10.4. The van der Waals surface area contributed by atoms with Crippen molar-refractivity contribution in [2.75, 3.05) is 0 Å². The van der Waals surface area contributed by atoms with Crippen LogP contribution in [0.1, 0.15) is 20.8 Å². The first kappa shape index (κ1) is 13.1. The van der Waals surface area contributed by atoms with E-state index in [4.69, 9.17) is 9.47 Å². The van der Waals surface area contributed by atoms with Crippen LogP contribution in [0.2, 0.25) is 0 Å². The third-order valence-electron chi connectivity index (χ3n) is 1.89. The second-order valence-electron chi connectivity index (χ2n) is 4.45. The number of ether oxygens (including phenoxy) is 2. The Kier molecular flexibility index (Phi) is 3.78. The molecule has 0 aliphatic carbocycles. The predicted octanol–water partition coefficient (Wildman–Crippen LogP) is 3.31. The highest BCUT2D eigenvalue weighted by Crippen LogP contribution is 2.23. The van der Waals surface area contributed by atoms with Crippen molar-refractivity contribution in [3.63, 3.8) is 0 Å². The minimum Gasteiger partial charge on any atom is -0.468 e. The van der Waals surface area contributed by atoms with E-state index in [1.807, 2.05) is 0 Å². The summed E-state index contributed by atoms with van der Waals surface area (Å²) in [6.45, 7) is 12.7. The SMILES string of the molecule is C=CC1=COC=C(C=C)N1C(=O)OC(C)(C)C. The summed E-state index contributed by atoms with van der Waals surface area (Å²) in [6, 6.07) is 0. The Bertz CT molecular complexity index is 375. The maximum Gasteiger partial charge on any atom is 0.419 e. The molecule has 0 fully saturated rings. The molecule has 4 nitrogen and oxygen atoms in total. The van der Waals surface area contributed by atoms with Crippen LogP contribution >= 0.6 is 0 Å². The predicted molar refractivity (Wildman–Crippen MR) is 65.7 cm³/mol. The van der Waals surface area contributed by atoms with Crippen LogP contribution in [0.25, 0.3) is 0 Å². The second-order valence-corrected chi connectivity index (χ2v) is 4.45. The number of carbonyl (C=O) groups is 1. The van der Waals surface area contributed by atoms with Crippen molar-refractivity contribution in [2.45, 2.75) is 26.4 Å². The van der Waals surface area contributed by atoms with Gasteiger partial charge in [-0.25, -0.2) is 9.69 Å². The topological polar surface area (TPSA) is 38.8 Å². The molecule has 0 saturated heterocycles. The molecule has 0 atom stereocenters. The molecule has 4 heteroatoms. The normalized spacial score (nSPS) is 15.4. The van der Waals surface area contributed by atoms with Crippen molar-refractivity contribution in [3.8, 4) is 0 Å². The highest BCUT2D eigenvalue weighted by Gasteiger charge is 2.27. The average molecular weight is 235 g/mol. The Labute approximate surface area is 102 Å². The maximum atomic E-state index is 12.0. The molecule has 0 bridgehead atoms. The summed E-state index contributed by atoms with van der Waals surface area (Å²) in [5, 5.41) is 0. The van der Waals surface area contributed by atoms with Gasteiger partial charge in [-0.3, -0.25) is 0 Å². The molecule has 17 heavy (non-hydrogen) atoms. The molecule has 1 aliphatic rings. The minimum atomic E-state index is -0.562.